The minimum absolute atomic E-state index is 0.0793. The number of hydrogen-bond acceptors (Lipinski definition) is 7. The minimum Gasteiger partial charge on any atom is -0.493 e. The molecular formula is C18H19N5O3. The van der Waals surface area contributed by atoms with Gasteiger partial charge in [0.25, 0.3) is 5.91 Å². The fourth-order valence-corrected chi connectivity index (χ4v) is 2.70. The van der Waals surface area contributed by atoms with E-state index in [1.54, 1.807) is 41.6 Å². The number of piperazine rings is 1. The van der Waals surface area contributed by atoms with E-state index >= 15 is 0 Å². The van der Waals surface area contributed by atoms with Crippen LogP contribution in [0.5, 0.6) is 11.5 Å². The van der Waals surface area contributed by atoms with Crippen LogP contribution in [0, 0.1) is 11.3 Å². The molecule has 1 amide bonds. The molecule has 1 fully saturated rings. The molecule has 2 heterocycles. The minimum atomic E-state index is -0.0926. The van der Waals surface area contributed by atoms with Gasteiger partial charge in [-0.2, -0.15) is 5.26 Å². The van der Waals surface area contributed by atoms with Gasteiger partial charge in [-0.05, 0) is 18.2 Å². The maximum Gasteiger partial charge on any atom is 0.260 e. The smallest absolute Gasteiger partial charge is 0.260 e. The summed E-state index contributed by atoms with van der Waals surface area (Å²) < 4.78 is 10.8. The molecule has 8 nitrogen and oxygen atoms in total. The fraction of sp³-hybridized carbons (Fsp3) is 0.333. The molecule has 3 rings (SSSR count). The lowest BCUT2D eigenvalue weighted by molar-refractivity contribution is -0.133. The fourth-order valence-electron chi connectivity index (χ4n) is 2.70. The van der Waals surface area contributed by atoms with Crippen LogP contribution in [-0.4, -0.2) is 60.7 Å². The normalized spacial score (nSPS) is 13.8. The number of nitrogens with zero attached hydrogens (tertiary/aromatic N) is 5. The first-order valence-electron chi connectivity index (χ1n) is 8.22. The number of carbonyl (C=O) groups excluding carboxylic acids is 1. The monoisotopic (exact) mass is 353 g/mol. The van der Waals surface area contributed by atoms with Gasteiger partial charge < -0.3 is 19.3 Å². The molecule has 2 aromatic rings. The molecule has 0 N–H and O–H groups in total. The first-order chi connectivity index (χ1) is 12.7. The molecule has 1 aromatic heterocycles. The zero-order valence-corrected chi connectivity index (χ0v) is 14.5. The molecule has 0 spiro atoms. The van der Waals surface area contributed by atoms with Crippen molar-refractivity contribution in [3.05, 3.63) is 42.2 Å². The van der Waals surface area contributed by atoms with Crippen LogP contribution in [0.1, 0.15) is 5.56 Å². The molecule has 1 aliphatic heterocycles. The second kappa shape index (κ2) is 8.16. The summed E-state index contributed by atoms with van der Waals surface area (Å²) in [4.78, 5) is 24.7. The zero-order valence-electron chi connectivity index (χ0n) is 14.5. The van der Waals surface area contributed by atoms with Gasteiger partial charge in [-0.3, -0.25) is 4.79 Å². The van der Waals surface area contributed by atoms with E-state index in [1.807, 2.05) is 11.0 Å². The molecule has 0 saturated carbocycles. The molecule has 0 bridgehead atoms. The van der Waals surface area contributed by atoms with Gasteiger partial charge in [0, 0.05) is 44.6 Å². The zero-order chi connectivity index (χ0) is 18.4. The number of carbonyl (C=O) groups is 1. The number of benzene rings is 1. The average Bonchev–Trinajstić information content (AvgIpc) is 2.72. The van der Waals surface area contributed by atoms with E-state index in [-0.39, 0.29) is 12.5 Å². The third-order valence-corrected chi connectivity index (χ3v) is 4.11. The van der Waals surface area contributed by atoms with Crippen molar-refractivity contribution in [3.63, 3.8) is 0 Å². The van der Waals surface area contributed by atoms with E-state index in [4.69, 9.17) is 14.7 Å². The molecule has 134 valence electrons. The lowest BCUT2D eigenvalue weighted by Crippen LogP contribution is -2.50. The van der Waals surface area contributed by atoms with E-state index in [0.717, 1.165) is 0 Å². The summed E-state index contributed by atoms with van der Waals surface area (Å²) in [6, 6.07) is 8.66. The van der Waals surface area contributed by atoms with Crippen molar-refractivity contribution < 1.29 is 14.3 Å². The van der Waals surface area contributed by atoms with E-state index in [0.29, 0.717) is 49.2 Å². The summed E-state index contributed by atoms with van der Waals surface area (Å²) in [6.07, 6.45) is 3.41. The third kappa shape index (κ3) is 4.00. The Kier molecular flexibility index (Phi) is 5.49. The lowest BCUT2D eigenvalue weighted by atomic mass is 10.2. The number of anilines is 1. The van der Waals surface area contributed by atoms with Crippen molar-refractivity contribution in [2.75, 3.05) is 44.8 Å². The Morgan fingerprint density at radius 1 is 1.19 bits per heavy atom. The highest BCUT2D eigenvalue weighted by molar-refractivity contribution is 5.78. The number of ether oxygens (including phenoxy) is 2. The molecule has 0 aliphatic carbocycles. The number of rotatable bonds is 5. The van der Waals surface area contributed by atoms with Gasteiger partial charge >= 0.3 is 0 Å². The van der Waals surface area contributed by atoms with Crippen molar-refractivity contribution >= 4 is 11.9 Å². The predicted octanol–water partition coefficient (Wildman–Crippen LogP) is 1.08. The van der Waals surface area contributed by atoms with Gasteiger partial charge in [0.05, 0.1) is 18.7 Å². The van der Waals surface area contributed by atoms with E-state index in [9.17, 15) is 4.79 Å². The SMILES string of the molecule is COc1cc(C#N)ccc1OCC(=O)N1CCN(c2ncccn2)CC1. The molecular weight excluding hydrogens is 334 g/mol. The highest BCUT2D eigenvalue weighted by Gasteiger charge is 2.23. The quantitative estimate of drug-likeness (QED) is 0.794. The molecule has 0 radical (unpaired) electrons. The summed E-state index contributed by atoms with van der Waals surface area (Å²) in [5.74, 6) is 1.46. The Bertz CT molecular complexity index is 798. The summed E-state index contributed by atoms with van der Waals surface area (Å²) >= 11 is 0. The van der Waals surface area contributed by atoms with Crippen LogP contribution in [0.15, 0.2) is 36.7 Å². The van der Waals surface area contributed by atoms with Gasteiger partial charge in [-0.15, -0.1) is 0 Å². The Hall–Kier alpha value is -3.34. The summed E-state index contributed by atoms with van der Waals surface area (Å²) in [6.45, 7) is 2.45. The maximum atomic E-state index is 12.4. The first kappa shape index (κ1) is 17.5. The highest BCUT2D eigenvalue weighted by atomic mass is 16.5. The van der Waals surface area contributed by atoms with Crippen molar-refractivity contribution in [2.24, 2.45) is 0 Å². The van der Waals surface area contributed by atoms with Crippen LogP contribution in [0.4, 0.5) is 5.95 Å². The second-order valence-electron chi connectivity index (χ2n) is 5.68. The molecule has 8 heteroatoms. The molecule has 26 heavy (non-hydrogen) atoms. The predicted molar refractivity (Wildman–Crippen MR) is 94.0 cm³/mol. The van der Waals surface area contributed by atoms with Crippen molar-refractivity contribution in [2.45, 2.75) is 0 Å². The van der Waals surface area contributed by atoms with Crippen LogP contribution in [0.2, 0.25) is 0 Å². The number of methoxy groups -OCH3 is 1. The molecule has 0 atom stereocenters. The third-order valence-electron chi connectivity index (χ3n) is 4.11. The number of amides is 1. The second-order valence-corrected chi connectivity index (χ2v) is 5.68. The largest absolute Gasteiger partial charge is 0.493 e. The Labute approximate surface area is 151 Å². The standard InChI is InChI=1S/C18H19N5O3/c1-25-16-11-14(12-19)3-4-15(16)26-13-17(24)22-7-9-23(10-8-22)18-20-5-2-6-21-18/h2-6,11H,7-10,13H2,1H3. The van der Waals surface area contributed by atoms with Crippen LogP contribution in [0.3, 0.4) is 0 Å². The highest BCUT2D eigenvalue weighted by Crippen LogP contribution is 2.27. The molecule has 0 unspecified atom stereocenters. The Morgan fingerprint density at radius 3 is 2.58 bits per heavy atom. The van der Waals surface area contributed by atoms with E-state index in [1.165, 1.54) is 7.11 Å². The number of hydrogen-bond donors (Lipinski definition) is 0. The summed E-state index contributed by atoms with van der Waals surface area (Å²) in [7, 11) is 1.50. The lowest BCUT2D eigenvalue weighted by Gasteiger charge is -2.34. The average molecular weight is 353 g/mol. The van der Waals surface area contributed by atoms with Crippen LogP contribution in [-0.2, 0) is 4.79 Å². The van der Waals surface area contributed by atoms with Crippen LogP contribution < -0.4 is 14.4 Å². The van der Waals surface area contributed by atoms with E-state index in [2.05, 4.69) is 9.97 Å². The first-order valence-corrected chi connectivity index (χ1v) is 8.22. The molecule has 1 saturated heterocycles. The van der Waals surface area contributed by atoms with Gasteiger partial charge in [-0.25, -0.2) is 9.97 Å². The van der Waals surface area contributed by atoms with Crippen molar-refractivity contribution in [3.8, 4) is 17.6 Å². The maximum absolute atomic E-state index is 12.4. The van der Waals surface area contributed by atoms with Crippen molar-refractivity contribution in [1.82, 2.24) is 14.9 Å². The Morgan fingerprint density at radius 2 is 1.92 bits per heavy atom. The van der Waals surface area contributed by atoms with Gasteiger partial charge in [0.15, 0.2) is 18.1 Å². The van der Waals surface area contributed by atoms with Gasteiger partial charge in [0.2, 0.25) is 5.95 Å². The van der Waals surface area contributed by atoms with E-state index < -0.39 is 0 Å². The van der Waals surface area contributed by atoms with Crippen LogP contribution in [0.25, 0.3) is 0 Å². The number of aromatic nitrogens is 2. The van der Waals surface area contributed by atoms with Gasteiger partial charge in [0.1, 0.15) is 0 Å². The molecule has 1 aromatic carbocycles. The topological polar surface area (TPSA) is 91.6 Å². The Balaban J connectivity index is 1.53. The van der Waals surface area contributed by atoms with Gasteiger partial charge in [-0.1, -0.05) is 0 Å². The number of nitriles is 1. The summed E-state index contributed by atoms with van der Waals surface area (Å²) in [5.41, 5.74) is 0.472. The van der Waals surface area contributed by atoms with Crippen LogP contribution >= 0.6 is 0 Å². The van der Waals surface area contributed by atoms with Crippen molar-refractivity contribution in [1.29, 1.82) is 5.26 Å². The molecule has 1 aliphatic rings. The summed E-state index contributed by atoms with van der Waals surface area (Å²) in [5, 5.41) is 8.92.